The maximum absolute atomic E-state index is 6.30. The summed E-state index contributed by atoms with van der Waals surface area (Å²) in [6, 6.07) is 12.7. The van der Waals surface area contributed by atoms with Crippen LogP contribution in [0.25, 0.3) is 0 Å². The van der Waals surface area contributed by atoms with Gasteiger partial charge in [0.25, 0.3) is 0 Å². The van der Waals surface area contributed by atoms with Gasteiger partial charge in [-0.3, -0.25) is 0 Å². The third-order valence-electron chi connectivity index (χ3n) is 3.56. The third kappa shape index (κ3) is 2.66. The fraction of sp³-hybridized carbons (Fsp3) is 0.250. The minimum Gasteiger partial charge on any atom is -0.326 e. The lowest BCUT2D eigenvalue weighted by Crippen LogP contribution is -1.98. The number of rotatable bonds is 3. The predicted octanol–water partition coefficient (Wildman–Crippen LogP) is 4.44. The quantitative estimate of drug-likeness (QED) is 0.904. The van der Waals surface area contributed by atoms with E-state index >= 15 is 0 Å². The second kappa shape index (κ2) is 5.58. The smallest absolute Gasteiger partial charge is 0.0548 e. The van der Waals surface area contributed by atoms with Gasteiger partial charge in [-0.05, 0) is 54.2 Å². The summed E-state index contributed by atoms with van der Waals surface area (Å²) in [4.78, 5) is 2.34. The van der Waals surface area contributed by atoms with Gasteiger partial charge in [0.15, 0.2) is 0 Å². The van der Waals surface area contributed by atoms with Gasteiger partial charge in [-0.15, -0.1) is 0 Å². The van der Waals surface area contributed by atoms with Crippen LogP contribution in [0.3, 0.4) is 0 Å². The summed E-state index contributed by atoms with van der Waals surface area (Å²) in [7, 11) is 0. The lowest BCUT2D eigenvalue weighted by Gasteiger charge is -2.10. The van der Waals surface area contributed by atoms with Crippen LogP contribution in [0.15, 0.2) is 46.2 Å². The molecule has 0 atom stereocenters. The maximum Gasteiger partial charge on any atom is 0.0548 e. The second-order valence-corrected chi connectivity index (χ2v) is 6.31. The summed E-state index contributed by atoms with van der Waals surface area (Å²) < 4.78 is 0. The van der Waals surface area contributed by atoms with Crippen LogP contribution in [0.2, 0.25) is 5.02 Å². The van der Waals surface area contributed by atoms with E-state index in [4.69, 9.17) is 17.3 Å². The molecule has 0 fully saturated rings. The summed E-state index contributed by atoms with van der Waals surface area (Å²) in [5.74, 6) is 0. The molecular weight excluding hydrogens is 274 g/mol. The number of halogens is 1. The molecule has 0 radical (unpaired) electrons. The van der Waals surface area contributed by atoms with Gasteiger partial charge in [-0.1, -0.05) is 41.6 Å². The van der Waals surface area contributed by atoms with Gasteiger partial charge < -0.3 is 5.73 Å². The van der Waals surface area contributed by atoms with Crippen LogP contribution < -0.4 is 5.73 Å². The minimum absolute atomic E-state index is 0.522. The highest BCUT2D eigenvalue weighted by Crippen LogP contribution is 2.37. The summed E-state index contributed by atoms with van der Waals surface area (Å²) in [6.45, 7) is 0.522. The highest BCUT2D eigenvalue weighted by atomic mass is 35.5. The van der Waals surface area contributed by atoms with E-state index in [0.717, 1.165) is 15.5 Å². The van der Waals surface area contributed by atoms with Crippen molar-refractivity contribution in [1.29, 1.82) is 0 Å². The van der Waals surface area contributed by atoms with Crippen molar-refractivity contribution in [2.45, 2.75) is 35.6 Å². The molecule has 0 bridgehead atoms. The van der Waals surface area contributed by atoms with Crippen molar-refractivity contribution in [3.63, 3.8) is 0 Å². The first-order valence-corrected chi connectivity index (χ1v) is 7.74. The van der Waals surface area contributed by atoms with Crippen LogP contribution >= 0.6 is 23.4 Å². The zero-order valence-corrected chi connectivity index (χ0v) is 12.2. The van der Waals surface area contributed by atoms with Gasteiger partial charge in [0, 0.05) is 16.3 Å². The van der Waals surface area contributed by atoms with Gasteiger partial charge in [0.05, 0.1) is 5.02 Å². The number of fused-ring (bicyclic) bond motifs is 1. The Bertz CT molecular complexity index is 610. The Morgan fingerprint density at radius 1 is 1.11 bits per heavy atom. The van der Waals surface area contributed by atoms with Crippen molar-refractivity contribution in [2.24, 2.45) is 5.73 Å². The molecule has 0 aromatic heterocycles. The Morgan fingerprint density at radius 2 is 1.95 bits per heavy atom. The van der Waals surface area contributed by atoms with E-state index < -0.39 is 0 Å². The van der Waals surface area contributed by atoms with Crippen LogP contribution in [-0.4, -0.2) is 0 Å². The van der Waals surface area contributed by atoms with E-state index in [2.05, 4.69) is 18.2 Å². The SMILES string of the molecule is NCc1cccc(Cl)c1Sc1ccc2c(c1)CCC2. The van der Waals surface area contributed by atoms with Crippen LogP contribution in [0.4, 0.5) is 0 Å². The molecule has 0 saturated carbocycles. The minimum atomic E-state index is 0.522. The van der Waals surface area contributed by atoms with Gasteiger partial charge in [0.1, 0.15) is 0 Å². The normalized spacial score (nSPS) is 13.6. The van der Waals surface area contributed by atoms with Crippen LogP contribution in [0.1, 0.15) is 23.1 Å². The Labute approximate surface area is 123 Å². The zero-order chi connectivity index (χ0) is 13.2. The molecule has 98 valence electrons. The van der Waals surface area contributed by atoms with Gasteiger partial charge in [-0.25, -0.2) is 0 Å². The van der Waals surface area contributed by atoms with Gasteiger partial charge in [0.2, 0.25) is 0 Å². The molecule has 2 aromatic carbocycles. The molecule has 1 nitrogen and oxygen atoms in total. The van der Waals surface area contributed by atoms with Crippen molar-refractivity contribution in [3.05, 3.63) is 58.1 Å². The van der Waals surface area contributed by atoms with Crippen molar-refractivity contribution in [3.8, 4) is 0 Å². The molecular formula is C16H16ClNS. The average Bonchev–Trinajstić information content (AvgIpc) is 2.88. The first-order valence-electron chi connectivity index (χ1n) is 6.55. The van der Waals surface area contributed by atoms with Gasteiger partial charge >= 0.3 is 0 Å². The van der Waals surface area contributed by atoms with Crippen LogP contribution in [-0.2, 0) is 19.4 Å². The third-order valence-corrected chi connectivity index (χ3v) is 5.16. The van der Waals surface area contributed by atoms with E-state index in [0.29, 0.717) is 6.54 Å². The van der Waals surface area contributed by atoms with E-state index in [1.54, 1.807) is 11.8 Å². The van der Waals surface area contributed by atoms with E-state index in [-0.39, 0.29) is 0 Å². The van der Waals surface area contributed by atoms with Gasteiger partial charge in [-0.2, -0.15) is 0 Å². The van der Waals surface area contributed by atoms with Crippen LogP contribution in [0, 0.1) is 0 Å². The number of nitrogens with two attached hydrogens (primary N) is 1. The monoisotopic (exact) mass is 289 g/mol. The molecule has 0 amide bonds. The fourth-order valence-electron chi connectivity index (χ4n) is 2.56. The molecule has 0 saturated heterocycles. The first-order chi connectivity index (χ1) is 9.28. The highest BCUT2D eigenvalue weighted by Gasteiger charge is 2.13. The topological polar surface area (TPSA) is 26.0 Å². The molecule has 2 aromatic rings. The van der Waals surface area contributed by atoms with E-state index in [9.17, 15) is 0 Å². The van der Waals surface area contributed by atoms with Crippen molar-refractivity contribution >= 4 is 23.4 Å². The number of hydrogen-bond acceptors (Lipinski definition) is 2. The Hall–Kier alpha value is -0.960. The Morgan fingerprint density at radius 3 is 2.79 bits per heavy atom. The lowest BCUT2D eigenvalue weighted by atomic mass is 10.1. The predicted molar refractivity (Wildman–Crippen MR) is 81.9 cm³/mol. The van der Waals surface area contributed by atoms with Crippen molar-refractivity contribution < 1.29 is 0 Å². The zero-order valence-electron chi connectivity index (χ0n) is 10.7. The molecule has 19 heavy (non-hydrogen) atoms. The standard InChI is InChI=1S/C16H16ClNS/c17-15-6-2-5-13(10-18)16(15)19-14-8-7-11-3-1-4-12(11)9-14/h2,5-9H,1,3-4,10,18H2. The number of benzene rings is 2. The molecule has 0 aliphatic heterocycles. The lowest BCUT2D eigenvalue weighted by molar-refractivity contribution is 0.911. The molecule has 0 unspecified atom stereocenters. The maximum atomic E-state index is 6.30. The second-order valence-electron chi connectivity index (χ2n) is 4.82. The van der Waals surface area contributed by atoms with E-state index in [1.807, 2.05) is 18.2 Å². The number of aryl methyl sites for hydroxylation is 2. The molecule has 1 aliphatic rings. The van der Waals surface area contributed by atoms with E-state index in [1.165, 1.54) is 35.3 Å². The Balaban J connectivity index is 1.93. The number of hydrogen-bond donors (Lipinski definition) is 1. The van der Waals surface area contributed by atoms with Crippen molar-refractivity contribution in [1.82, 2.24) is 0 Å². The molecule has 3 rings (SSSR count). The summed E-state index contributed by atoms with van der Waals surface area (Å²) in [5, 5.41) is 0.786. The summed E-state index contributed by atoms with van der Waals surface area (Å²) >= 11 is 8.02. The summed E-state index contributed by atoms with van der Waals surface area (Å²) in [5.41, 5.74) is 9.90. The molecule has 2 N–H and O–H groups in total. The molecule has 0 heterocycles. The van der Waals surface area contributed by atoms with Crippen LogP contribution in [0.5, 0.6) is 0 Å². The highest BCUT2D eigenvalue weighted by molar-refractivity contribution is 7.99. The summed E-state index contributed by atoms with van der Waals surface area (Å²) in [6.07, 6.45) is 3.71. The molecule has 1 aliphatic carbocycles. The fourth-order valence-corrected chi connectivity index (χ4v) is 3.89. The molecule has 3 heteroatoms. The van der Waals surface area contributed by atoms with Crippen molar-refractivity contribution in [2.75, 3.05) is 0 Å². The average molecular weight is 290 g/mol. The molecule has 0 spiro atoms. The first kappa shape index (κ1) is 13.0. The Kier molecular flexibility index (Phi) is 3.83. The largest absolute Gasteiger partial charge is 0.326 e.